The molecule has 0 radical (unpaired) electrons. The van der Waals surface area contributed by atoms with Gasteiger partial charge in [0.25, 0.3) is 0 Å². The number of ether oxygens (including phenoxy) is 3. The Morgan fingerprint density at radius 2 is 2.16 bits per heavy atom. The van der Waals surface area contributed by atoms with Gasteiger partial charge in [-0.15, -0.1) is 0 Å². The van der Waals surface area contributed by atoms with Gasteiger partial charge in [-0.05, 0) is 19.2 Å². The molecule has 100 valence electrons. The molecule has 0 aliphatic carbocycles. The highest BCUT2D eigenvalue weighted by Crippen LogP contribution is 2.35. The fraction of sp³-hybridized carbons (Fsp3) is 0.308. The maximum atomic E-state index is 5.62. The molecule has 0 spiro atoms. The Hall–Kier alpha value is -2.21. The van der Waals surface area contributed by atoms with Crippen molar-refractivity contribution in [2.24, 2.45) is 0 Å². The molecular weight excluding hydrogens is 248 g/mol. The van der Waals surface area contributed by atoms with Gasteiger partial charge in [0.1, 0.15) is 12.4 Å². The molecule has 2 aromatic rings. The highest BCUT2D eigenvalue weighted by molar-refractivity contribution is 5.46. The van der Waals surface area contributed by atoms with Gasteiger partial charge in [0.15, 0.2) is 17.3 Å². The summed E-state index contributed by atoms with van der Waals surface area (Å²) in [5, 5.41) is 6.92. The van der Waals surface area contributed by atoms with Crippen LogP contribution in [0.1, 0.15) is 11.5 Å². The molecule has 0 amide bonds. The lowest BCUT2D eigenvalue weighted by molar-refractivity contribution is 0.173. The Labute approximate surface area is 110 Å². The monoisotopic (exact) mass is 262 g/mol. The van der Waals surface area contributed by atoms with Gasteiger partial charge in [-0.3, -0.25) is 0 Å². The van der Waals surface area contributed by atoms with Crippen LogP contribution in [-0.4, -0.2) is 19.0 Å². The van der Waals surface area contributed by atoms with E-state index in [2.05, 4.69) is 10.5 Å². The maximum absolute atomic E-state index is 5.62. The Balaban J connectivity index is 1.62. The van der Waals surface area contributed by atoms with Gasteiger partial charge < -0.3 is 24.1 Å². The summed E-state index contributed by atoms with van der Waals surface area (Å²) in [4.78, 5) is 0. The molecule has 1 N–H and O–H groups in total. The molecule has 2 heterocycles. The van der Waals surface area contributed by atoms with E-state index >= 15 is 0 Å². The summed E-state index contributed by atoms with van der Waals surface area (Å²) in [5.74, 6) is 2.83. The van der Waals surface area contributed by atoms with Crippen LogP contribution >= 0.6 is 0 Å². The van der Waals surface area contributed by atoms with Crippen LogP contribution in [0.3, 0.4) is 0 Å². The van der Waals surface area contributed by atoms with Crippen molar-refractivity contribution in [3.8, 4) is 17.2 Å². The fourth-order valence-electron chi connectivity index (χ4n) is 1.81. The zero-order valence-electron chi connectivity index (χ0n) is 10.5. The van der Waals surface area contributed by atoms with Gasteiger partial charge >= 0.3 is 0 Å². The van der Waals surface area contributed by atoms with Crippen molar-refractivity contribution >= 4 is 0 Å². The molecule has 0 unspecified atom stereocenters. The minimum absolute atomic E-state index is 0.258. The molecule has 1 aliphatic heterocycles. The standard InChI is InChI=1S/C13H14N2O4/c1-14-6-9-4-11(19-15-9)7-16-10-2-3-12-13(5-10)18-8-17-12/h2-5,14H,6-8H2,1H3. The number of nitrogens with zero attached hydrogens (tertiary/aromatic N) is 1. The summed E-state index contributed by atoms with van der Waals surface area (Å²) in [6, 6.07) is 7.32. The smallest absolute Gasteiger partial charge is 0.231 e. The molecule has 3 rings (SSSR count). The predicted octanol–water partition coefficient (Wildman–Crippen LogP) is 1.70. The van der Waals surface area contributed by atoms with Gasteiger partial charge in [-0.25, -0.2) is 0 Å². The van der Waals surface area contributed by atoms with E-state index in [1.807, 2.05) is 25.2 Å². The Morgan fingerprint density at radius 3 is 3.05 bits per heavy atom. The van der Waals surface area contributed by atoms with Crippen LogP contribution in [0, 0.1) is 0 Å². The van der Waals surface area contributed by atoms with E-state index in [-0.39, 0.29) is 6.79 Å². The number of rotatable bonds is 5. The molecule has 0 bridgehead atoms. The number of hydrogen-bond donors (Lipinski definition) is 1. The van der Waals surface area contributed by atoms with Crippen molar-refractivity contribution in [2.75, 3.05) is 13.8 Å². The van der Waals surface area contributed by atoms with E-state index in [0.717, 1.165) is 11.4 Å². The van der Waals surface area contributed by atoms with Crippen LogP contribution < -0.4 is 19.5 Å². The molecule has 1 aromatic carbocycles. The van der Waals surface area contributed by atoms with Crippen molar-refractivity contribution in [3.05, 3.63) is 35.7 Å². The van der Waals surface area contributed by atoms with Crippen LogP contribution in [0.25, 0.3) is 0 Å². The lowest BCUT2D eigenvalue weighted by Gasteiger charge is -2.04. The summed E-state index contributed by atoms with van der Waals surface area (Å²) in [5.41, 5.74) is 0.854. The minimum Gasteiger partial charge on any atom is -0.485 e. The lowest BCUT2D eigenvalue weighted by atomic mass is 10.3. The maximum Gasteiger partial charge on any atom is 0.231 e. The van der Waals surface area contributed by atoms with Crippen molar-refractivity contribution in [1.82, 2.24) is 10.5 Å². The summed E-state index contributed by atoms with van der Waals surface area (Å²) in [7, 11) is 1.86. The van der Waals surface area contributed by atoms with Crippen LogP contribution in [0.2, 0.25) is 0 Å². The molecule has 6 heteroatoms. The van der Waals surface area contributed by atoms with E-state index in [1.165, 1.54) is 0 Å². The molecular formula is C13H14N2O4. The second kappa shape index (κ2) is 5.19. The van der Waals surface area contributed by atoms with E-state index in [4.69, 9.17) is 18.7 Å². The first-order chi connectivity index (χ1) is 9.35. The average Bonchev–Trinajstić information content (AvgIpc) is 3.04. The summed E-state index contributed by atoms with van der Waals surface area (Å²) in [6.45, 7) is 1.26. The molecule has 1 aromatic heterocycles. The quantitative estimate of drug-likeness (QED) is 0.884. The lowest BCUT2D eigenvalue weighted by Crippen LogP contribution is -2.04. The number of hydrogen-bond acceptors (Lipinski definition) is 6. The van der Waals surface area contributed by atoms with Crippen LogP contribution in [0.5, 0.6) is 17.2 Å². The first kappa shape index (κ1) is 11.9. The second-order valence-electron chi connectivity index (χ2n) is 4.12. The van der Waals surface area contributed by atoms with E-state index < -0.39 is 0 Å². The van der Waals surface area contributed by atoms with E-state index in [1.54, 1.807) is 6.07 Å². The normalized spacial score (nSPS) is 12.7. The zero-order chi connectivity index (χ0) is 13.1. The largest absolute Gasteiger partial charge is 0.485 e. The third-order valence-electron chi connectivity index (χ3n) is 2.69. The van der Waals surface area contributed by atoms with Crippen molar-refractivity contribution in [1.29, 1.82) is 0 Å². The van der Waals surface area contributed by atoms with Crippen molar-refractivity contribution < 1.29 is 18.7 Å². The molecule has 0 saturated heterocycles. The van der Waals surface area contributed by atoms with Gasteiger partial charge in [-0.2, -0.15) is 0 Å². The van der Waals surface area contributed by atoms with Gasteiger partial charge in [0.2, 0.25) is 6.79 Å². The summed E-state index contributed by atoms with van der Waals surface area (Å²) >= 11 is 0. The Morgan fingerprint density at radius 1 is 1.26 bits per heavy atom. The second-order valence-corrected chi connectivity index (χ2v) is 4.12. The van der Waals surface area contributed by atoms with Gasteiger partial charge in [0.05, 0.1) is 5.69 Å². The van der Waals surface area contributed by atoms with Crippen molar-refractivity contribution in [3.63, 3.8) is 0 Å². The Kier molecular flexibility index (Phi) is 3.24. The average molecular weight is 262 g/mol. The number of benzene rings is 1. The molecule has 19 heavy (non-hydrogen) atoms. The third kappa shape index (κ3) is 2.63. The highest BCUT2D eigenvalue weighted by atomic mass is 16.7. The van der Waals surface area contributed by atoms with E-state index in [9.17, 15) is 0 Å². The number of fused-ring (bicyclic) bond motifs is 1. The van der Waals surface area contributed by atoms with E-state index in [0.29, 0.717) is 30.4 Å². The minimum atomic E-state index is 0.258. The third-order valence-corrected chi connectivity index (χ3v) is 2.69. The topological polar surface area (TPSA) is 65.8 Å². The molecule has 0 atom stereocenters. The van der Waals surface area contributed by atoms with Crippen LogP contribution in [-0.2, 0) is 13.2 Å². The number of nitrogens with one attached hydrogen (secondary N) is 1. The van der Waals surface area contributed by atoms with Crippen LogP contribution in [0.15, 0.2) is 28.8 Å². The molecule has 1 aliphatic rings. The van der Waals surface area contributed by atoms with Gasteiger partial charge in [0, 0.05) is 18.7 Å². The van der Waals surface area contributed by atoms with Crippen molar-refractivity contribution in [2.45, 2.75) is 13.2 Å². The van der Waals surface area contributed by atoms with Gasteiger partial charge in [-0.1, -0.05) is 5.16 Å². The first-order valence-electron chi connectivity index (χ1n) is 5.96. The molecule has 0 saturated carbocycles. The van der Waals surface area contributed by atoms with Crippen LogP contribution in [0.4, 0.5) is 0 Å². The fourth-order valence-corrected chi connectivity index (χ4v) is 1.81. The highest BCUT2D eigenvalue weighted by Gasteiger charge is 2.14. The number of aromatic nitrogens is 1. The summed E-state index contributed by atoms with van der Waals surface area (Å²) < 4.78 is 21.3. The summed E-state index contributed by atoms with van der Waals surface area (Å²) in [6.07, 6.45) is 0. The zero-order valence-corrected chi connectivity index (χ0v) is 10.5. The molecule has 0 fully saturated rings. The molecule has 6 nitrogen and oxygen atoms in total. The SMILES string of the molecule is CNCc1cc(COc2ccc3c(c2)OCO3)on1. The first-order valence-corrected chi connectivity index (χ1v) is 5.96. The predicted molar refractivity (Wildman–Crippen MR) is 66.2 cm³/mol. The Bertz CT molecular complexity index is 568.